The molecule has 2 aliphatic heterocycles. The van der Waals surface area contributed by atoms with Gasteiger partial charge in [-0.2, -0.15) is 0 Å². The van der Waals surface area contributed by atoms with Crippen LogP contribution in [0.25, 0.3) is 0 Å². The fourth-order valence-corrected chi connectivity index (χ4v) is 5.51. The van der Waals surface area contributed by atoms with Crippen LogP contribution in [0.2, 0.25) is 0 Å². The van der Waals surface area contributed by atoms with Crippen LogP contribution in [-0.4, -0.2) is 76.7 Å². The molecular formula is C26H38N4O5. The van der Waals surface area contributed by atoms with E-state index in [-0.39, 0.29) is 43.3 Å². The predicted octanol–water partition coefficient (Wildman–Crippen LogP) is 1.77. The molecule has 2 saturated heterocycles. The maximum absolute atomic E-state index is 13.0. The number of amides is 3. The van der Waals surface area contributed by atoms with E-state index in [2.05, 4.69) is 5.32 Å². The molecule has 4 rings (SSSR count). The van der Waals surface area contributed by atoms with Crippen molar-refractivity contribution in [2.45, 2.75) is 82.2 Å². The van der Waals surface area contributed by atoms with Gasteiger partial charge in [0, 0.05) is 25.6 Å². The first-order chi connectivity index (χ1) is 16.9. The number of hydrogen-bond acceptors (Lipinski definition) is 6. The number of aliphatic hydroxyl groups is 1. The lowest BCUT2D eigenvalue weighted by atomic mass is 9.81. The number of piperidine rings is 1. The Morgan fingerprint density at radius 1 is 1.06 bits per heavy atom. The average Bonchev–Trinajstić information content (AvgIpc) is 3.30. The van der Waals surface area contributed by atoms with Crippen molar-refractivity contribution in [2.75, 3.05) is 19.6 Å². The van der Waals surface area contributed by atoms with Gasteiger partial charge < -0.3 is 25.8 Å². The van der Waals surface area contributed by atoms with Gasteiger partial charge in [0.15, 0.2) is 0 Å². The Bertz CT molecular complexity index is 868. The molecule has 0 aromatic heterocycles. The number of nitrogens with zero attached hydrogens (tertiary/aromatic N) is 2. The average molecular weight is 487 g/mol. The van der Waals surface area contributed by atoms with Crippen LogP contribution in [0.3, 0.4) is 0 Å². The normalized spacial score (nSPS) is 27.8. The summed E-state index contributed by atoms with van der Waals surface area (Å²) in [6.45, 7) is 1.79. The molecular weight excluding hydrogens is 448 g/mol. The Kier molecular flexibility index (Phi) is 8.62. The molecule has 1 aromatic carbocycles. The van der Waals surface area contributed by atoms with Crippen LogP contribution in [0.1, 0.15) is 56.9 Å². The summed E-state index contributed by atoms with van der Waals surface area (Å²) >= 11 is 0. The Morgan fingerprint density at radius 3 is 2.43 bits per heavy atom. The molecule has 9 nitrogen and oxygen atoms in total. The van der Waals surface area contributed by atoms with Crippen LogP contribution in [0, 0.1) is 5.92 Å². The molecule has 3 atom stereocenters. The quantitative estimate of drug-likeness (QED) is 0.563. The van der Waals surface area contributed by atoms with E-state index in [0.29, 0.717) is 0 Å². The molecule has 3 aliphatic rings. The van der Waals surface area contributed by atoms with Gasteiger partial charge in [0.25, 0.3) is 0 Å². The molecule has 0 radical (unpaired) electrons. The Balaban J connectivity index is 1.24. The monoisotopic (exact) mass is 486 g/mol. The molecule has 0 unspecified atom stereocenters. The number of rotatable bonds is 6. The van der Waals surface area contributed by atoms with E-state index < -0.39 is 24.3 Å². The van der Waals surface area contributed by atoms with Crippen molar-refractivity contribution in [3.63, 3.8) is 0 Å². The van der Waals surface area contributed by atoms with E-state index in [4.69, 9.17) is 10.5 Å². The molecule has 1 aromatic rings. The number of β-amino-alcohol motifs (C(OH)–C–C–N with tert-alkyl or cyclic N) is 1. The number of nitrogens with one attached hydrogen (secondary N) is 1. The third-order valence-electron chi connectivity index (χ3n) is 7.60. The lowest BCUT2D eigenvalue weighted by Crippen LogP contribution is -2.52. The summed E-state index contributed by atoms with van der Waals surface area (Å²) < 4.78 is 5.39. The molecule has 0 bridgehead atoms. The van der Waals surface area contributed by atoms with Crippen molar-refractivity contribution in [1.82, 2.24) is 15.1 Å². The highest BCUT2D eigenvalue weighted by Gasteiger charge is 2.41. The van der Waals surface area contributed by atoms with Gasteiger partial charge in [0.05, 0.1) is 18.7 Å². The van der Waals surface area contributed by atoms with Gasteiger partial charge in [-0.15, -0.1) is 0 Å². The van der Waals surface area contributed by atoms with Crippen LogP contribution >= 0.6 is 0 Å². The van der Waals surface area contributed by atoms with E-state index >= 15 is 0 Å². The van der Waals surface area contributed by atoms with Crippen LogP contribution in [-0.2, 0) is 20.9 Å². The second-order valence-electron chi connectivity index (χ2n) is 10.1. The minimum Gasteiger partial charge on any atom is -0.445 e. The van der Waals surface area contributed by atoms with Crippen LogP contribution in [0.15, 0.2) is 30.3 Å². The zero-order valence-electron chi connectivity index (χ0n) is 20.3. The maximum atomic E-state index is 13.0. The van der Waals surface area contributed by atoms with Crippen molar-refractivity contribution < 1.29 is 24.2 Å². The van der Waals surface area contributed by atoms with Gasteiger partial charge in [-0.05, 0) is 56.4 Å². The lowest BCUT2D eigenvalue weighted by molar-refractivity contribution is -0.135. The van der Waals surface area contributed by atoms with Gasteiger partial charge in [-0.1, -0.05) is 30.3 Å². The molecule has 4 N–H and O–H groups in total. The summed E-state index contributed by atoms with van der Waals surface area (Å²) in [4.78, 5) is 41.7. The second-order valence-corrected chi connectivity index (χ2v) is 10.1. The van der Waals surface area contributed by atoms with Crippen molar-refractivity contribution >= 4 is 17.9 Å². The Hall–Kier alpha value is -2.65. The highest BCUT2D eigenvalue weighted by molar-refractivity contribution is 5.86. The number of hydrogen-bond donors (Lipinski definition) is 3. The van der Waals surface area contributed by atoms with Gasteiger partial charge in [0.1, 0.15) is 12.6 Å². The van der Waals surface area contributed by atoms with E-state index in [1.165, 1.54) is 11.3 Å². The molecule has 1 saturated carbocycles. The first kappa shape index (κ1) is 25.4. The molecule has 3 fully saturated rings. The van der Waals surface area contributed by atoms with Crippen LogP contribution in [0.5, 0.6) is 0 Å². The number of carbonyl (C=O) groups is 3. The number of ether oxygens (including phenoxy) is 1. The smallest absolute Gasteiger partial charge is 0.410 e. The topological polar surface area (TPSA) is 125 Å². The fourth-order valence-electron chi connectivity index (χ4n) is 5.51. The zero-order chi connectivity index (χ0) is 24.8. The zero-order valence-corrected chi connectivity index (χ0v) is 20.3. The highest BCUT2D eigenvalue weighted by Crippen LogP contribution is 2.28. The fraction of sp³-hybridized carbons (Fsp3) is 0.654. The Morgan fingerprint density at radius 2 is 1.74 bits per heavy atom. The number of carbonyl (C=O) groups excluding carboxylic acids is 3. The van der Waals surface area contributed by atoms with Crippen molar-refractivity contribution in [1.29, 1.82) is 0 Å². The molecule has 9 heteroatoms. The summed E-state index contributed by atoms with van der Waals surface area (Å²) in [6, 6.07) is 8.07. The summed E-state index contributed by atoms with van der Waals surface area (Å²) in [6.07, 6.45) is 5.13. The predicted molar refractivity (Wildman–Crippen MR) is 130 cm³/mol. The van der Waals surface area contributed by atoms with Gasteiger partial charge in [0.2, 0.25) is 11.8 Å². The number of aliphatic hydroxyl groups excluding tert-OH is 1. The second kappa shape index (κ2) is 11.9. The number of nitrogens with two attached hydrogens (primary N) is 1. The number of benzene rings is 1. The van der Waals surface area contributed by atoms with E-state index in [0.717, 1.165) is 57.2 Å². The van der Waals surface area contributed by atoms with Gasteiger partial charge in [-0.25, -0.2) is 4.79 Å². The standard InChI is InChI=1S/C26H38N4O5/c27-23(25(33)29-13-5-2-6-14-29)19-9-11-20(12-10-19)28-24(32)22-15-21(31)16-30(22)26(34)35-17-18-7-3-1-4-8-18/h1,3-4,7-8,19-23,31H,2,5-6,9-17,27H2,(H,28,32)/t19?,20?,21-,22+,23+/m1/s1. The largest absolute Gasteiger partial charge is 0.445 e. The first-order valence-electron chi connectivity index (χ1n) is 12.9. The van der Waals surface area contributed by atoms with E-state index in [1.54, 1.807) is 0 Å². The van der Waals surface area contributed by atoms with Crippen molar-refractivity contribution in [2.24, 2.45) is 11.7 Å². The van der Waals surface area contributed by atoms with Crippen LogP contribution < -0.4 is 11.1 Å². The minimum absolute atomic E-state index is 0.0315. The molecule has 2 heterocycles. The molecule has 0 spiro atoms. The minimum atomic E-state index is -0.760. The highest BCUT2D eigenvalue weighted by atomic mass is 16.6. The van der Waals surface area contributed by atoms with Gasteiger partial charge >= 0.3 is 6.09 Å². The van der Waals surface area contributed by atoms with Crippen molar-refractivity contribution in [3.05, 3.63) is 35.9 Å². The summed E-state index contributed by atoms with van der Waals surface area (Å²) in [7, 11) is 0. The summed E-state index contributed by atoms with van der Waals surface area (Å²) in [5.41, 5.74) is 7.20. The first-order valence-corrected chi connectivity index (χ1v) is 12.9. The summed E-state index contributed by atoms with van der Waals surface area (Å²) in [5, 5.41) is 13.2. The summed E-state index contributed by atoms with van der Waals surface area (Å²) in [5.74, 6) is -0.0903. The third-order valence-corrected chi connectivity index (χ3v) is 7.60. The molecule has 35 heavy (non-hydrogen) atoms. The molecule has 1 aliphatic carbocycles. The molecule has 3 amide bonds. The third kappa shape index (κ3) is 6.52. The lowest BCUT2D eigenvalue weighted by Gasteiger charge is -2.36. The SMILES string of the molecule is N[C@H](C(=O)N1CCCCC1)C1CCC(NC(=O)[C@@H]2C[C@@H](O)CN2C(=O)OCc2ccccc2)CC1. The van der Waals surface area contributed by atoms with Gasteiger partial charge in [-0.3, -0.25) is 14.5 Å². The maximum Gasteiger partial charge on any atom is 0.410 e. The van der Waals surface area contributed by atoms with Crippen molar-refractivity contribution in [3.8, 4) is 0 Å². The van der Waals surface area contributed by atoms with Crippen LogP contribution in [0.4, 0.5) is 4.79 Å². The van der Waals surface area contributed by atoms with E-state index in [9.17, 15) is 19.5 Å². The Labute approximate surface area is 207 Å². The van der Waals surface area contributed by atoms with E-state index in [1.807, 2.05) is 35.2 Å². The number of likely N-dealkylation sites (tertiary alicyclic amines) is 2. The molecule has 192 valence electrons.